The lowest BCUT2D eigenvalue weighted by molar-refractivity contribution is -0.198. The van der Waals surface area contributed by atoms with Crippen LogP contribution in [0.15, 0.2) is 0 Å². The SMILES string of the molecule is CC[C@@H]1C(=O)C2C(CC[C@@]3(C)C2CC[C@@H]3[C@H](C)C2OCCO2)[C@@]2(C)CCC(=O)CC12.CC[C@H]1C2CC(=O)CC[C@]2(C)C2CC[C@@]3(C)C(CC[C@@H]3[C@H](C)C3OCCO3)C2[C@@H]1O.[2H]CP. The summed E-state index contributed by atoms with van der Waals surface area (Å²) in [6.45, 7) is 22.2. The lowest BCUT2D eigenvalue weighted by atomic mass is 9.41. The molecule has 8 nitrogen and oxygen atoms in total. The van der Waals surface area contributed by atoms with Crippen molar-refractivity contribution in [3.63, 3.8) is 0 Å². The molecule has 10 fully saturated rings. The van der Waals surface area contributed by atoms with Crippen LogP contribution >= 0.6 is 9.24 Å². The van der Waals surface area contributed by atoms with Gasteiger partial charge in [-0.25, -0.2) is 0 Å². The van der Waals surface area contributed by atoms with E-state index >= 15 is 0 Å². The van der Waals surface area contributed by atoms with Gasteiger partial charge in [0, 0.05) is 50.7 Å². The third kappa shape index (κ3) is 7.54. The minimum absolute atomic E-state index is 0.0470. The van der Waals surface area contributed by atoms with E-state index in [2.05, 4.69) is 64.6 Å². The molecule has 62 heavy (non-hydrogen) atoms. The van der Waals surface area contributed by atoms with Crippen molar-refractivity contribution in [3.8, 4) is 0 Å². The number of fused-ring (bicyclic) bond motifs is 10. The highest BCUT2D eigenvalue weighted by Gasteiger charge is 2.67. The molecule has 2 heterocycles. The molecule has 1 N–H and O–H groups in total. The van der Waals surface area contributed by atoms with Crippen LogP contribution in [-0.2, 0) is 33.3 Å². The van der Waals surface area contributed by atoms with E-state index in [9.17, 15) is 19.5 Å². The van der Waals surface area contributed by atoms with E-state index in [1.807, 2.05) is 0 Å². The lowest BCUT2D eigenvalue weighted by Crippen LogP contribution is -2.62. The molecule has 2 saturated heterocycles. The van der Waals surface area contributed by atoms with Crippen LogP contribution in [0, 0.1) is 105 Å². The number of Topliss-reactive ketones (excluding diaryl/α,β-unsaturated/α-hetero) is 3. The van der Waals surface area contributed by atoms with Gasteiger partial charge in [-0.15, -0.1) is 9.24 Å². The first-order chi connectivity index (χ1) is 30.0. The fraction of sp³-hybridized carbons (Fsp3) is 0.943. The Hall–Kier alpha value is -0.760. The van der Waals surface area contributed by atoms with Crippen LogP contribution < -0.4 is 0 Å². The number of aliphatic hydroxyl groups is 1. The molecule has 9 unspecified atom stereocenters. The molecular weight excluding hydrogens is 796 g/mol. The van der Waals surface area contributed by atoms with E-state index in [0.717, 1.165) is 58.2 Å². The largest absolute Gasteiger partial charge is 0.393 e. The molecule has 10 aliphatic rings. The highest BCUT2D eigenvalue weighted by molar-refractivity contribution is 7.15. The maximum Gasteiger partial charge on any atom is 0.160 e. The molecule has 20 atom stereocenters. The van der Waals surface area contributed by atoms with E-state index in [-0.39, 0.29) is 64.0 Å². The summed E-state index contributed by atoms with van der Waals surface area (Å²) in [5.74, 6) is 7.02. The van der Waals surface area contributed by atoms with Crippen molar-refractivity contribution < 1.29 is 39.8 Å². The van der Waals surface area contributed by atoms with E-state index < -0.39 is 0 Å². The number of carbonyl (C=O) groups excluding carboxylic acids is 3. The summed E-state index contributed by atoms with van der Waals surface area (Å²) in [6.07, 6.45) is 16.0. The second-order valence-electron chi connectivity index (χ2n) is 23.6. The monoisotopic (exact) mass is 884 g/mol. The van der Waals surface area contributed by atoms with Crippen molar-refractivity contribution in [2.45, 2.75) is 177 Å². The van der Waals surface area contributed by atoms with E-state index in [1.165, 1.54) is 44.9 Å². The maximum atomic E-state index is 14.0. The quantitative estimate of drug-likeness (QED) is 0.263. The van der Waals surface area contributed by atoms with Gasteiger partial charge in [-0.1, -0.05) is 68.5 Å². The van der Waals surface area contributed by atoms with Crippen molar-refractivity contribution >= 4 is 26.6 Å². The molecule has 8 saturated carbocycles. The summed E-state index contributed by atoms with van der Waals surface area (Å²) in [4.78, 5) is 38.6. The molecule has 352 valence electrons. The summed E-state index contributed by atoms with van der Waals surface area (Å²) in [6, 6.07) is 0. The summed E-state index contributed by atoms with van der Waals surface area (Å²) in [5.41, 5.74) is 0.859. The summed E-state index contributed by atoms with van der Waals surface area (Å²) in [7, 11) is 2.25. The number of ketones is 3. The zero-order valence-electron chi connectivity index (χ0n) is 41.0. The van der Waals surface area contributed by atoms with Crippen molar-refractivity contribution in [2.24, 2.45) is 105 Å². The zero-order chi connectivity index (χ0) is 45.2. The molecule has 0 amide bonds. The molecule has 9 heteroatoms. The summed E-state index contributed by atoms with van der Waals surface area (Å²) < 4.78 is 29.8. The maximum absolute atomic E-state index is 14.0. The number of hydrogen-bond acceptors (Lipinski definition) is 8. The fourth-order valence-corrected chi connectivity index (χ4v) is 18.8. The van der Waals surface area contributed by atoms with Crippen LogP contribution in [0.4, 0.5) is 0 Å². The Kier molecular flexibility index (Phi) is 13.7. The molecule has 0 aromatic rings. The minimum atomic E-state index is -0.248. The van der Waals surface area contributed by atoms with Crippen molar-refractivity contribution in [1.82, 2.24) is 0 Å². The first kappa shape index (κ1) is 46.4. The molecule has 10 rings (SSSR count). The second kappa shape index (κ2) is 18.4. The normalized spacial score (nSPS) is 50.0. The van der Waals surface area contributed by atoms with Gasteiger partial charge in [-0.05, 0) is 151 Å². The zero-order valence-corrected chi connectivity index (χ0v) is 41.2. The summed E-state index contributed by atoms with van der Waals surface area (Å²) >= 11 is 0. The highest BCUT2D eigenvalue weighted by Crippen LogP contribution is 2.71. The Morgan fingerprint density at radius 3 is 1.58 bits per heavy atom. The predicted octanol–water partition coefficient (Wildman–Crippen LogP) is 10.4. The van der Waals surface area contributed by atoms with Gasteiger partial charge in [-0.2, -0.15) is 0 Å². The number of carbonyl (C=O) groups is 3. The predicted molar refractivity (Wildman–Crippen MR) is 246 cm³/mol. The van der Waals surface area contributed by atoms with Gasteiger partial charge in [0.2, 0.25) is 0 Å². The van der Waals surface area contributed by atoms with Crippen LogP contribution in [-0.4, -0.2) is 74.2 Å². The van der Waals surface area contributed by atoms with Gasteiger partial charge in [-0.3, -0.25) is 14.4 Å². The molecule has 0 bridgehead atoms. The van der Waals surface area contributed by atoms with Gasteiger partial charge >= 0.3 is 0 Å². The van der Waals surface area contributed by atoms with E-state index in [0.29, 0.717) is 109 Å². The Bertz CT molecular complexity index is 1650. The van der Waals surface area contributed by atoms with E-state index in [1.54, 1.807) is 0 Å². The fourth-order valence-electron chi connectivity index (χ4n) is 18.8. The first-order valence-electron chi connectivity index (χ1n) is 26.5. The number of rotatable bonds is 6. The van der Waals surface area contributed by atoms with Gasteiger partial charge in [0.15, 0.2) is 12.6 Å². The molecule has 0 spiro atoms. The number of aliphatic hydroxyl groups excluding tert-OH is 1. The summed E-state index contributed by atoms with van der Waals surface area (Å²) in [5, 5.41) is 11.7. The topological polar surface area (TPSA) is 108 Å². The Morgan fingerprint density at radius 2 is 1.06 bits per heavy atom. The van der Waals surface area contributed by atoms with Gasteiger partial charge < -0.3 is 24.1 Å². The second-order valence-corrected chi connectivity index (χ2v) is 23.6. The van der Waals surface area contributed by atoms with E-state index in [4.69, 9.17) is 20.3 Å². The third-order valence-electron chi connectivity index (χ3n) is 21.8. The van der Waals surface area contributed by atoms with Crippen LogP contribution in [0.3, 0.4) is 0 Å². The van der Waals surface area contributed by atoms with Crippen molar-refractivity contribution in [1.29, 1.82) is 0 Å². The highest BCUT2D eigenvalue weighted by atomic mass is 31.0. The average molecular weight is 884 g/mol. The number of hydrogen-bond donors (Lipinski definition) is 1. The van der Waals surface area contributed by atoms with Gasteiger partial charge in [0.05, 0.1) is 32.5 Å². The van der Waals surface area contributed by atoms with Crippen molar-refractivity contribution in [3.05, 3.63) is 0 Å². The van der Waals surface area contributed by atoms with Crippen LogP contribution in [0.5, 0.6) is 0 Å². The molecule has 2 aliphatic heterocycles. The number of ether oxygens (including phenoxy) is 4. The van der Waals surface area contributed by atoms with Crippen LogP contribution in [0.2, 0.25) is 0 Å². The molecule has 0 radical (unpaired) electrons. The molecule has 8 aliphatic carbocycles. The third-order valence-corrected chi connectivity index (χ3v) is 21.8. The standard InChI is InChI=1S/C26H42O4.C26H40O4.CH5P/c2*1-5-17-21-14-16(27)8-10-26(21,4)20-9-11-25(3)18(15(2)24-29-12-13-30-24)6-7-19(25)22(20)23(17)28;1-2/h15,17-24,28H,5-14H2,1-4H3;15,17-22,24H,5-14H2,1-4H3;2H2,1H3/t15-,17-,18+,19?,20?,21?,22?,23+,25+,26+;15-,17-,18+,19?,20?,21?,22?,25+,26+;/m00./s1/i;;1D. The Morgan fingerprint density at radius 1 is 0.629 bits per heavy atom. The Balaban J connectivity index is 0.000000163. The van der Waals surface area contributed by atoms with Gasteiger partial charge in [0.1, 0.15) is 17.3 Å². The molecule has 0 aromatic carbocycles. The van der Waals surface area contributed by atoms with Crippen LogP contribution in [0.1, 0.15) is 159 Å². The molecule has 0 aromatic heterocycles. The first-order valence-corrected chi connectivity index (χ1v) is 26.6. The van der Waals surface area contributed by atoms with Gasteiger partial charge in [0.25, 0.3) is 0 Å². The van der Waals surface area contributed by atoms with Crippen molar-refractivity contribution in [2.75, 3.05) is 33.1 Å². The minimum Gasteiger partial charge on any atom is -0.393 e. The Labute approximate surface area is 379 Å². The van der Waals surface area contributed by atoms with Crippen LogP contribution in [0.25, 0.3) is 0 Å². The average Bonchev–Trinajstić information content (AvgIpc) is 4.10. The lowest BCUT2D eigenvalue weighted by Gasteiger charge is -2.64. The molecular formula is C53H87O8P. The smallest absolute Gasteiger partial charge is 0.160 e.